The molecule has 3 N–H and O–H groups in total. The van der Waals surface area contributed by atoms with Crippen LogP contribution in [0.5, 0.6) is 0 Å². The molecule has 4 nitrogen and oxygen atoms in total. The minimum atomic E-state index is -0.285. The third-order valence-electron chi connectivity index (χ3n) is 1.83. The monoisotopic (exact) mass is 203 g/mol. The molecule has 0 aromatic heterocycles. The van der Waals surface area contributed by atoms with Gasteiger partial charge in [0.15, 0.2) is 0 Å². The number of nitrogens with zero attached hydrogens (tertiary/aromatic N) is 1. The van der Waals surface area contributed by atoms with Crippen LogP contribution in [0.2, 0.25) is 0 Å². The first-order valence-corrected chi connectivity index (χ1v) is 4.43. The van der Waals surface area contributed by atoms with E-state index in [0.29, 0.717) is 11.5 Å². The summed E-state index contributed by atoms with van der Waals surface area (Å²) in [5.41, 5.74) is 7.03. The molecule has 78 valence electrons. The number of nitrogens with one attached hydrogen (secondary N) is 1. The van der Waals surface area contributed by atoms with Gasteiger partial charge < -0.3 is 11.1 Å². The summed E-state index contributed by atoms with van der Waals surface area (Å²) in [6, 6.07) is 7.09. The molecule has 0 atom stereocenters. The van der Waals surface area contributed by atoms with Crippen molar-refractivity contribution >= 4 is 17.4 Å². The summed E-state index contributed by atoms with van der Waals surface area (Å²) in [4.78, 5) is 15.1. The first kappa shape index (κ1) is 11.0. The van der Waals surface area contributed by atoms with E-state index in [1.165, 1.54) is 6.08 Å². The number of carbonyl (C=O) groups is 1. The summed E-state index contributed by atoms with van der Waals surface area (Å²) >= 11 is 0. The summed E-state index contributed by atoms with van der Waals surface area (Å²) in [5, 5.41) is 2.60. The fraction of sp³-hybridized carbons (Fsp3) is 0.0909. The molecule has 15 heavy (non-hydrogen) atoms. The van der Waals surface area contributed by atoms with E-state index in [9.17, 15) is 4.79 Å². The molecule has 1 aromatic rings. The molecule has 0 saturated heterocycles. The van der Waals surface area contributed by atoms with Crippen LogP contribution in [0.3, 0.4) is 0 Å². The SMILES string of the molecule is C=CC(=O)NC(=NC)c1ccc(N)cc1. The average molecular weight is 203 g/mol. The van der Waals surface area contributed by atoms with Crippen LogP contribution < -0.4 is 11.1 Å². The highest BCUT2D eigenvalue weighted by Gasteiger charge is 2.04. The van der Waals surface area contributed by atoms with Gasteiger partial charge in [0.2, 0.25) is 5.91 Å². The number of amides is 1. The van der Waals surface area contributed by atoms with E-state index in [2.05, 4.69) is 16.9 Å². The number of nitrogens with two attached hydrogens (primary N) is 1. The molecule has 4 heteroatoms. The van der Waals surface area contributed by atoms with Gasteiger partial charge in [0.1, 0.15) is 5.84 Å². The summed E-state index contributed by atoms with van der Waals surface area (Å²) in [6.07, 6.45) is 1.20. The number of aliphatic imine (C=N–C) groups is 1. The zero-order valence-corrected chi connectivity index (χ0v) is 8.53. The van der Waals surface area contributed by atoms with Crippen molar-refractivity contribution < 1.29 is 4.79 Å². The molecular formula is C11H13N3O. The maximum Gasteiger partial charge on any atom is 0.248 e. The molecule has 0 unspecified atom stereocenters. The summed E-state index contributed by atoms with van der Waals surface area (Å²) in [6.45, 7) is 3.37. The first-order valence-electron chi connectivity index (χ1n) is 4.43. The molecule has 0 aliphatic heterocycles. The normalized spacial score (nSPS) is 10.9. The van der Waals surface area contributed by atoms with Gasteiger partial charge >= 0.3 is 0 Å². The van der Waals surface area contributed by atoms with Crippen LogP contribution in [0, 0.1) is 0 Å². The predicted molar refractivity (Wildman–Crippen MR) is 61.7 cm³/mol. The summed E-state index contributed by atoms with van der Waals surface area (Å²) in [7, 11) is 1.61. The van der Waals surface area contributed by atoms with Crippen LogP contribution in [0.4, 0.5) is 5.69 Å². The molecule has 0 aliphatic rings. The zero-order valence-electron chi connectivity index (χ0n) is 8.53. The topological polar surface area (TPSA) is 67.5 Å². The Hall–Kier alpha value is -2.10. The Labute approximate surface area is 88.5 Å². The predicted octanol–water partition coefficient (Wildman–Crippen LogP) is 0.947. The van der Waals surface area contributed by atoms with E-state index in [1.807, 2.05) is 0 Å². The van der Waals surface area contributed by atoms with Gasteiger partial charge in [-0.1, -0.05) is 6.58 Å². The van der Waals surface area contributed by atoms with E-state index in [1.54, 1.807) is 31.3 Å². The lowest BCUT2D eigenvalue weighted by atomic mass is 10.2. The molecule has 0 bridgehead atoms. The second-order valence-corrected chi connectivity index (χ2v) is 2.89. The third-order valence-corrected chi connectivity index (χ3v) is 1.83. The molecule has 0 radical (unpaired) electrons. The van der Waals surface area contributed by atoms with Crippen molar-refractivity contribution in [2.24, 2.45) is 4.99 Å². The molecular weight excluding hydrogens is 190 g/mol. The van der Waals surface area contributed by atoms with Gasteiger partial charge in [-0.15, -0.1) is 0 Å². The van der Waals surface area contributed by atoms with Crippen molar-refractivity contribution in [3.05, 3.63) is 42.5 Å². The van der Waals surface area contributed by atoms with E-state index in [-0.39, 0.29) is 5.91 Å². The second-order valence-electron chi connectivity index (χ2n) is 2.89. The molecule has 0 heterocycles. The lowest BCUT2D eigenvalue weighted by Crippen LogP contribution is -2.29. The second kappa shape index (κ2) is 4.95. The number of rotatable bonds is 2. The maximum atomic E-state index is 11.1. The van der Waals surface area contributed by atoms with E-state index in [4.69, 9.17) is 5.73 Å². The summed E-state index contributed by atoms with van der Waals surface area (Å²) in [5.74, 6) is 0.215. The van der Waals surface area contributed by atoms with E-state index in [0.717, 1.165) is 5.56 Å². The minimum Gasteiger partial charge on any atom is -0.399 e. The van der Waals surface area contributed by atoms with Gasteiger partial charge in [-0.3, -0.25) is 9.79 Å². The number of anilines is 1. The first-order chi connectivity index (χ1) is 7.17. The highest BCUT2D eigenvalue weighted by molar-refractivity contribution is 6.10. The minimum absolute atomic E-state index is 0.285. The van der Waals surface area contributed by atoms with Crippen molar-refractivity contribution in [2.75, 3.05) is 12.8 Å². The molecule has 0 spiro atoms. The Morgan fingerprint density at radius 2 is 2.07 bits per heavy atom. The zero-order chi connectivity index (χ0) is 11.3. The van der Waals surface area contributed by atoms with Crippen molar-refractivity contribution in [3.63, 3.8) is 0 Å². The van der Waals surface area contributed by atoms with Gasteiger partial charge in [0.25, 0.3) is 0 Å². The Kier molecular flexibility index (Phi) is 3.62. The highest BCUT2D eigenvalue weighted by atomic mass is 16.1. The molecule has 0 aliphatic carbocycles. The number of hydrogen-bond acceptors (Lipinski definition) is 3. The number of amidine groups is 1. The molecule has 0 saturated carbocycles. The van der Waals surface area contributed by atoms with Gasteiger partial charge in [-0.2, -0.15) is 0 Å². The van der Waals surface area contributed by atoms with Crippen molar-refractivity contribution in [3.8, 4) is 0 Å². The Morgan fingerprint density at radius 3 is 2.53 bits per heavy atom. The fourth-order valence-electron chi connectivity index (χ4n) is 1.07. The van der Waals surface area contributed by atoms with Crippen LogP contribution >= 0.6 is 0 Å². The van der Waals surface area contributed by atoms with Gasteiger partial charge in [0, 0.05) is 18.3 Å². The quantitative estimate of drug-likeness (QED) is 0.325. The standard InChI is InChI=1S/C11H13N3O/c1-3-10(15)14-11(13-2)8-4-6-9(12)7-5-8/h3-7H,1,12H2,2H3,(H,13,14,15). The van der Waals surface area contributed by atoms with Crippen molar-refractivity contribution in [1.29, 1.82) is 0 Å². The van der Waals surface area contributed by atoms with Crippen molar-refractivity contribution in [2.45, 2.75) is 0 Å². The lowest BCUT2D eigenvalue weighted by molar-refractivity contribution is -0.115. The largest absolute Gasteiger partial charge is 0.399 e. The molecule has 0 fully saturated rings. The summed E-state index contributed by atoms with van der Waals surface area (Å²) < 4.78 is 0. The van der Waals surface area contributed by atoms with Crippen LogP contribution in [0.15, 0.2) is 41.9 Å². The van der Waals surface area contributed by atoms with Gasteiger partial charge in [0.05, 0.1) is 0 Å². The lowest BCUT2D eigenvalue weighted by Gasteiger charge is -2.06. The Balaban J connectivity index is 2.89. The van der Waals surface area contributed by atoms with Crippen LogP contribution in [0.1, 0.15) is 5.56 Å². The number of benzene rings is 1. The molecule has 1 amide bonds. The number of carbonyl (C=O) groups excluding carboxylic acids is 1. The molecule has 1 rings (SSSR count). The highest BCUT2D eigenvalue weighted by Crippen LogP contribution is 2.05. The van der Waals surface area contributed by atoms with Crippen molar-refractivity contribution in [1.82, 2.24) is 5.32 Å². The van der Waals surface area contributed by atoms with Gasteiger partial charge in [-0.05, 0) is 30.3 Å². The maximum absolute atomic E-state index is 11.1. The number of nitrogen functional groups attached to an aromatic ring is 1. The third kappa shape index (κ3) is 2.95. The number of hydrogen-bond donors (Lipinski definition) is 2. The Bertz CT molecular complexity index is 393. The van der Waals surface area contributed by atoms with Crippen LogP contribution in [-0.2, 0) is 4.79 Å². The van der Waals surface area contributed by atoms with E-state index < -0.39 is 0 Å². The Morgan fingerprint density at radius 1 is 1.47 bits per heavy atom. The van der Waals surface area contributed by atoms with Crippen LogP contribution in [0.25, 0.3) is 0 Å². The van der Waals surface area contributed by atoms with Gasteiger partial charge in [-0.25, -0.2) is 0 Å². The average Bonchev–Trinajstić information content (AvgIpc) is 2.27. The van der Waals surface area contributed by atoms with Crippen LogP contribution in [-0.4, -0.2) is 18.8 Å². The molecule has 1 aromatic carbocycles. The smallest absolute Gasteiger partial charge is 0.248 e. The fourth-order valence-corrected chi connectivity index (χ4v) is 1.07. The van der Waals surface area contributed by atoms with E-state index >= 15 is 0 Å².